The van der Waals surface area contributed by atoms with Crippen molar-refractivity contribution in [1.29, 1.82) is 0 Å². The van der Waals surface area contributed by atoms with Gasteiger partial charge in [-0.15, -0.1) is 24.0 Å². The van der Waals surface area contributed by atoms with Crippen LogP contribution in [-0.4, -0.2) is 37.8 Å². The van der Waals surface area contributed by atoms with Gasteiger partial charge < -0.3 is 15.4 Å². The first-order chi connectivity index (χ1) is 8.93. The zero-order valence-corrected chi connectivity index (χ0v) is 15.8. The molecule has 2 fully saturated rings. The van der Waals surface area contributed by atoms with E-state index in [1.54, 1.807) is 0 Å². The highest BCUT2D eigenvalue weighted by molar-refractivity contribution is 14.0. The Morgan fingerprint density at radius 1 is 1.30 bits per heavy atom. The maximum atomic E-state index is 5.67. The molecule has 2 unspecified atom stereocenters. The maximum Gasteiger partial charge on any atom is 0.191 e. The van der Waals surface area contributed by atoms with Crippen molar-refractivity contribution in [3.05, 3.63) is 0 Å². The van der Waals surface area contributed by atoms with Crippen molar-refractivity contribution in [2.75, 3.05) is 20.2 Å². The summed E-state index contributed by atoms with van der Waals surface area (Å²) in [5.74, 6) is 1.79. The van der Waals surface area contributed by atoms with Crippen molar-refractivity contribution in [2.45, 2.75) is 58.6 Å². The van der Waals surface area contributed by atoms with Gasteiger partial charge in [-0.05, 0) is 39.0 Å². The minimum absolute atomic E-state index is 0. The van der Waals surface area contributed by atoms with Crippen molar-refractivity contribution in [2.24, 2.45) is 16.3 Å². The summed E-state index contributed by atoms with van der Waals surface area (Å²) in [7, 11) is 1.81. The van der Waals surface area contributed by atoms with Crippen LogP contribution in [0, 0.1) is 11.3 Å². The molecule has 4 nitrogen and oxygen atoms in total. The van der Waals surface area contributed by atoms with Gasteiger partial charge in [0.2, 0.25) is 0 Å². The molecule has 0 amide bonds. The first kappa shape index (κ1) is 18.0. The average molecular weight is 395 g/mol. The predicted molar refractivity (Wildman–Crippen MR) is 94.9 cm³/mol. The Morgan fingerprint density at radius 2 is 1.95 bits per heavy atom. The Hall–Kier alpha value is -0.0400. The third kappa shape index (κ3) is 3.59. The fraction of sp³-hybridized carbons (Fsp3) is 0.933. The number of nitrogens with one attached hydrogen (secondary N) is 2. The molecule has 20 heavy (non-hydrogen) atoms. The van der Waals surface area contributed by atoms with E-state index >= 15 is 0 Å². The van der Waals surface area contributed by atoms with E-state index in [2.05, 4.69) is 38.3 Å². The lowest BCUT2D eigenvalue weighted by molar-refractivity contribution is -0.176. The highest BCUT2D eigenvalue weighted by atomic mass is 127. The predicted octanol–water partition coefficient (Wildman–Crippen LogP) is 2.77. The van der Waals surface area contributed by atoms with Crippen molar-refractivity contribution in [3.63, 3.8) is 0 Å². The zero-order valence-electron chi connectivity index (χ0n) is 13.5. The summed E-state index contributed by atoms with van der Waals surface area (Å²) < 4.78 is 5.67. The van der Waals surface area contributed by atoms with E-state index in [4.69, 9.17) is 9.73 Å². The lowest BCUT2D eigenvalue weighted by atomic mass is 9.56. The molecule has 2 aliphatic carbocycles. The topological polar surface area (TPSA) is 45.7 Å². The fourth-order valence-electron chi connectivity index (χ4n) is 2.73. The summed E-state index contributed by atoms with van der Waals surface area (Å²) in [6, 6.07) is 0.425. The molecule has 2 rings (SSSR count). The number of hydrogen-bond donors (Lipinski definition) is 2. The number of halogens is 1. The van der Waals surface area contributed by atoms with E-state index in [0.717, 1.165) is 31.4 Å². The summed E-state index contributed by atoms with van der Waals surface area (Å²) in [4.78, 5) is 4.69. The number of nitrogens with zero attached hydrogens (tertiary/aromatic N) is 1. The van der Waals surface area contributed by atoms with Crippen LogP contribution in [0.15, 0.2) is 4.99 Å². The van der Waals surface area contributed by atoms with E-state index < -0.39 is 0 Å². The highest BCUT2D eigenvalue weighted by Crippen LogP contribution is 2.51. The van der Waals surface area contributed by atoms with Crippen LogP contribution >= 0.6 is 24.0 Å². The molecular formula is C15H30IN3O. The molecule has 0 aliphatic heterocycles. The maximum absolute atomic E-state index is 5.67. The molecule has 0 aromatic rings. The second kappa shape index (κ2) is 6.81. The van der Waals surface area contributed by atoms with E-state index in [9.17, 15) is 0 Å². The molecule has 0 heterocycles. The Morgan fingerprint density at radius 3 is 2.40 bits per heavy atom. The summed E-state index contributed by atoms with van der Waals surface area (Å²) in [5.41, 5.74) is 0.0933. The van der Waals surface area contributed by atoms with E-state index in [0.29, 0.717) is 6.04 Å². The van der Waals surface area contributed by atoms with E-state index in [-0.39, 0.29) is 35.0 Å². The lowest BCUT2D eigenvalue weighted by Gasteiger charge is -2.59. The Bertz CT molecular complexity index is 355. The largest absolute Gasteiger partial charge is 0.378 e. The fourth-order valence-corrected chi connectivity index (χ4v) is 2.73. The van der Waals surface area contributed by atoms with Crippen LogP contribution < -0.4 is 10.6 Å². The van der Waals surface area contributed by atoms with Gasteiger partial charge in [-0.3, -0.25) is 4.99 Å². The molecule has 2 atom stereocenters. The van der Waals surface area contributed by atoms with Crippen molar-refractivity contribution in [1.82, 2.24) is 10.6 Å². The van der Waals surface area contributed by atoms with Crippen molar-refractivity contribution >= 4 is 29.9 Å². The van der Waals surface area contributed by atoms with Gasteiger partial charge in [-0.2, -0.15) is 0 Å². The molecule has 5 heteroatoms. The number of methoxy groups -OCH3 is 1. The summed E-state index contributed by atoms with van der Waals surface area (Å²) in [6.45, 7) is 10.7. The minimum Gasteiger partial charge on any atom is -0.378 e. The van der Waals surface area contributed by atoms with Crippen LogP contribution in [0.25, 0.3) is 0 Å². The van der Waals surface area contributed by atoms with Gasteiger partial charge in [-0.25, -0.2) is 0 Å². The van der Waals surface area contributed by atoms with Crippen molar-refractivity contribution < 1.29 is 4.74 Å². The number of hydrogen-bond acceptors (Lipinski definition) is 2. The van der Waals surface area contributed by atoms with E-state index in [1.165, 1.54) is 12.8 Å². The van der Waals surface area contributed by atoms with Gasteiger partial charge in [0, 0.05) is 31.7 Å². The van der Waals surface area contributed by atoms with Gasteiger partial charge in [0.15, 0.2) is 5.96 Å². The number of guanidine groups is 1. The summed E-state index contributed by atoms with van der Waals surface area (Å²) in [5, 5.41) is 6.92. The second-order valence-corrected chi connectivity index (χ2v) is 6.72. The van der Waals surface area contributed by atoms with Gasteiger partial charge >= 0.3 is 0 Å². The summed E-state index contributed by atoms with van der Waals surface area (Å²) in [6.07, 6.45) is 3.73. The van der Waals surface area contributed by atoms with Crippen LogP contribution in [0.2, 0.25) is 0 Å². The molecule has 0 radical (unpaired) electrons. The van der Waals surface area contributed by atoms with Crippen LogP contribution in [0.4, 0.5) is 0 Å². The lowest BCUT2D eigenvalue weighted by Crippen LogP contribution is -2.69. The number of aliphatic imine (C=N–C) groups is 1. The molecule has 0 bridgehead atoms. The smallest absolute Gasteiger partial charge is 0.191 e. The van der Waals surface area contributed by atoms with Crippen molar-refractivity contribution in [3.8, 4) is 0 Å². The monoisotopic (exact) mass is 395 g/mol. The second-order valence-electron chi connectivity index (χ2n) is 6.72. The minimum atomic E-state index is -0.0293. The first-order valence-corrected chi connectivity index (χ1v) is 7.53. The van der Waals surface area contributed by atoms with Crippen LogP contribution in [-0.2, 0) is 4.74 Å². The Balaban J connectivity index is 0.00000200. The molecule has 0 aromatic carbocycles. The molecule has 2 saturated carbocycles. The van der Waals surface area contributed by atoms with Crippen LogP contribution in [0.3, 0.4) is 0 Å². The first-order valence-electron chi connectivity index (χ1n) is 7.53. The average Bonchev–Trinajstić information content (AvgIpc) is 3.19. The number of ether oxygens (including phenoxy) is 1. The van der Waals surface area contributed by atoms with Gasteiger partial charge in [0.25, 0.3) is 0 Å². The highest BCUT2D eigenvalue weighted by Gasteiger charge is 2.58. The molecule has 2 aliphatic rings. The van der Waals surface area contributed by atoms with Gasteiger partial charge in [-0.1, -0.05) is 13.8 Å². The molecule has 118 valence electrons. The quantitative estimate of drug-likeness (QED) is 0.428. The molecule has 2 N–H and O–H groups in total. The molecule has 0 spiro atoms. The van der Waals surface area contributed by atoms with Crippen LogP contribution in [0.5, 0.6) is 0 Å². The SMILES string of the molecule is CCNC(=NCC1CC1)NC1CC(C)(OC)C1(C)C.I. The van der Waals surface area contributed by atoms with Gasteiger partial charge in [0.05, 0.1) is 5.60 Å². The number of rotatable bonds is 5. The molecule has 0 saturated heterocycles. The zero-order chi connectivity index (χ0) is 14.1. The normalized spacial score (nSPS) is 32.0. The Kier molecular flexibility index (Phi) is 6.14. The van der Waals surface area contributed by atoms with Crippen LogP contribution in [0.1, 0.15) is 47.0 Å². The van der Waals surface area contributed by atoms with Gasteiger partial charge in [0.1, 0.15) is 0 Å². The third-order valence-electron chi connectivity index (χ3n) is 5.14. The molecule has 0 aromatic heterocycles. The standard InChI is InChI=1S/C15H29N3O.HI/c1-6-16-13(17-10-11-7-8-11)18-12-9-15(4,19-5)14(12,2)3;/h11-12H,6-10H2,1-5H3,(H2,16,17,18);1H. The van der Waals surface area contributed by atoms with E-state index in [1.807, 2.05) is 7.11 Å². The third-order valence-corrected chi connectivity index (χ3v) is 5.14. The summed E-state index contributed by atoms with van der Waals surface area (Å²) >= 11 is 0. The Labute approximate surface area is 140 Å². The molecular weight excluding hydrogens is 365 g/mol.